The van der Waals surface area contributed by atoms with Crippen LogP contribution in [0.25, 0.3) is 0 Å². The van der Waals surface area contributed by atoms with Crippen LogP contribution < -0.4 is 5.32 Å². The maximum absolute atomic E-state index is 11.6. The fraction of sp³-hybridized carbons (Fsp3) is 0.562. The Balaban J connectivity index is 1.66. The third-order valence-corrected chi connectivity index (χ3v) is 4.16. The number of rotatable bonds is 5. The molecule has 1 aliphatic heterocycles. The molecular formula is C16H24BNO4. The highest BCUT2D eigenvalue weighted by molar-refractivity contribution is 6.45. The van der Waals surface area contributed by atoms with Crippen LogP contribution >= 0.6 is 0 Å². The van der Waals surface area contributed by atoms with Gasteiger partial charge >= 0.3 is 13.2 Å². The van der Waals surface area contributed by atoms with Crippen molar-refractivity contribution < 1.29 is 18.8 Å². The van der Waals surface area contributed by atoms with Gasteiger partial charge in [-0.05, 0) is 39.6 Å². The van der Waals surface area contributed by atoms with Crippen LogP contribution in [0.1, 0.15) is 33.3 Å². The van der Waals surface area contributed by atoms with Crippen molar-refractivity contribution in [1.82, 2.24) is 5.32 Å². The minimum atomic E-state index is -0.430. The van der Waals surface area contributed by atoms with Crippen molar-refractivity contribution in [3.05, 3.63) is 35.9 Å². The number of carbonyl (C=O) groups is 1. The van der Waals surface area contributed by atoms with Crippen LogP contribution in [0, 0.1) is 0 Å². The number of carbonyl (C=O) groups excluding carboxylic acids is 1. The predicted octanol–water partition coefficient (Wildman–Crippen LogP) is 3.01. The van der Waals surface area contributed by atoms with E-state index in [0.29, 0.717) is 12.9 Å². The maximum Gasteiger partial charge on any atom is 0.459 e. The standard InChI is InChI=1S/C16H24BNO4/c1-15(2)16(3,4)22-17(21-15)10-11-18-14(19)20-12-13-8-6-5-7-9-13/h5-9H,10-12H2,1-4H3,(H,18,19). The zero-order valence-electron chi connectivity index (χ0n) is 13.7. The molecule has 0 radical (unpaired) electrons. The van der Waals surface area contributed by atoms with Gasteiger partial charge in [0.05, 0.1) is 11.2 Å². The molecule has 1 heterocycles. The van der Waals surface area contributed by atoms with Crippen molar-refractivity contribution in [3.8, 4) is 0 Å². The number of nitrogens with one attached hydrogen (secondary N) is 1. The quantitative estimate of drug-likeness (QED) is 0.850. The van der Waals surface area contributed by atoms with Gasteiger partial charge in [-0.3, -0.25) is 0 Å². The fourth-order valence-corrected chi connectivity index (χ4v) is 2.15. The summed E-state index contributed by atoms with van der Waals surface area (Å²) in [4.78, 5) is 11.6. The first kappa shape index (κ1) is 16.8. The zero-order valence-corrected chi connectivity index (χ0v) is 13.7. The smallest absolute Gasteiger partial charge is 0.445 e. The van der Waals surface area contributed by atoms with Gasteiger partial charge in [-0.25, -0.2) is 4.79 Å². The Kier molecular flexibility index (Phi) is 5.14. The molecule has 0 aromatic heterocycles. The average Bonchev–Trinajstić information content (AvgIpc) is 2.65. The van der Waals surface area contributed by atoms with Gasteiger partial charge in [-0.1, -0.05) is 30.3 Å². The van der Waals surface area contributed by atoms with Crippen LogP contribution in [-0.2, 0) is 20.7 Å². The topological polar surface area (TPSA) is 56.8 Å². The fourth-order valence-electron chi connectivity index (χ4n) is 2.15. The number of alkyl carbamates (subject to hydrolysis) is 1. The van der Waals surface area contributed by atoms with Crippen molar-refractivity contribution >= 4 is 13.2 Å². The Bertz CT molecular complexity index is 488. The minimum Gasteiger partial charge on any atom is -0.445 e. The number of hydrogen-bond donors (Lipinski definition) is 1. The molecule has 2 rings (SSSR count). The van der Waals surface area contributed by atoms with Crippen LogP contribution in [-0.4, -0.2) is 31.0 Å². The summed E-state index contributed by atoms with van der Waals surface area (Å²) in [6.07, 6.45) is 0.160. The van der Waals surface area contributed by atoms with E-state index in [1.807, 2.05) is 58.0 Å². The normalized spacial score (nSPS) is 19.0. The maximum atomic E-state index is 11.6. The van der Waals surface area contributed by atoms with Crippen LogP contribution in [0.5, 0.6) is 0 Å². The summed E-state index contributed by atoms with van der Waals surface area (Å²) in [6.45, 7) is 8.75. The Morgan fingerprint density at radius 3 is 2.32 bits per heavy atom. The van der Waals surface area contributed by atoms with Gasteiger partial charge in [0.25, 0.3) is 0 Å². The number of amides is 1. The van der Waals surface area contributed by atoms with E-state index in [4.69, 9.17) is 14.0 Å². The summed E-state index contributed by atoms with van der Waals surface area (Å²) in [6, 6.07) is 9.58. The molecule has 0 saturated carbocycles. The molecule has 1 aromatic carbocycles. The molecule has 0 spiro atoms. The molecular weight excluding hydrogens is 281 g/mol. The average molecular weight is 305 g/mol. The largest absolute Gasteiger partial charge is 0.459 e. The highest BCUT2D eigenvalue weighted by Crippen LogP contribution is 2.37. The summed E-state index contributed by atoms with van der Waals surface area (Å²) in [7, 11) is -0.306. The van der Waals surface area contributed by atoms with E-state index in [1.54, 1.807) is 0 Å². The van der Waals surface area contributed by atoms with E-state index in [-0.39, 0.29) is 24.9 Å². The highest BCUT2D eigenvalue weighted by atomic mass is 16.7. The summed E-state index contributed by atoms with van der Waals surface area (Å²) in [5, 5.41) is 2.71. The summed E-state index contributed by atoms with van der Waals surface area (Å²) in [5.74, 6) is 0. The Morgan fingerprint density at radius 2 is 1.73 bits per heavy atom. The van der Waals surface area contributed by atoms with Crippen molar-refractivity contribution in [2.45, 2.75) is 51.8 Å². The lowest BCUT2D eigenvalue weighted by atomic mass is 9.85. The molecule has 1 aromatic rings. The van der Waals surface area contributed by atoms with Gasteiger partial charge in [-0.15, -0.1) is 0 Å². The Labute approximate surface area is 132 Å². The second kappa shape index (κ2) is 6.71. The molecule has 1 saturated heterocycles. The van der Waals surface area contributed by atoms with Gasteiger partial charge in [-0.2, -0.15) is 0 Å². The molecule has 0 atom stereocenters. The first-order valence-electron chi connectivity index (χ1n) is 7.60. The second-order valence-corrected chi connectivity index (χ2v) is 6.46. The predicted molar refractivity (Wildman–Crippen MR) is 85.5 cm³/mol. The second-order valence-electron chi connectivity index (χ2n) is 6.46. The number of benzene rings is 1. The molecule has 1 fully saturated rings. The van der Waals surface area contributed by atoms with E-state index in [1.165, 1.54) is 0 Å². The molecule has 1 amide bonds. The van der Waals surface area contributed by atoms with E-state index in [9.17, 15) is 4.79 Å². The van der Waals surface area contributed by atoms with E-state index in [2.05, 4.69) is 5.32 Å². The molecule has 22 heavy (non-hydrogen) atoms. The first-order chi connectivity index (χ1) is 10.3. The molecule has 5 nitrogen and oxygen atoms in total. The van der Waals surface area contributed by atoms with E-state index >= 15 is 0 Å². The van der Waals surface area contributed by atoms with Crippen LogP contribution in [0.2, 0.25) is 6.32 Å². The first-order valence-corrected chi connectivity index (χ1v) is 7.60. The molecule has 0 aliphatic carbocycles. The van der Waals surface area contributed by atoms with Gasteiger partial charge in [0.2, 0.25) is 0 Å². The van der Waals surface area contributed by atoms with Crippen molar-refractivity contribution in [2.24, 2.45) is 0 Å². The Hall–Kier alpha value is -1.53. The molecule has 1 N–H and O–H groups in total. The van der Waals surface area contributed by atoms with Crippen molar-refractivity contribution in [3.63, 3.8) is 0 Å². The molecule has 6 heteroatoms. The summed E-state index contributed by atoms with van der Waals surface area (Å²) in [5.41, 5.74) is 0.278. The van der Waals surface area contributed by atoms with Crippen molar-refractivity contribution in [2.75, 3.05) is 6.54 Å². The van der Waals surface area contributed by atoms with Gasteiger partial charge in [0, 0.05) is 6.54 Å². The van der Waals surface area contributed by atoms with Gasteiger partial charge in [0.15, 0.2) is 0 Å². The zero-order chi connectivity index (χ0) is 16.2. The molecule has 0 bridgehead atoms. The monoisotopic (exact) mass is 305 g/mol. The SMILES string of the molecule is CC1(C)OB(CCNC(=O)OCc2ccccc2)OC1(C)C. The summed E-state index contributed by atoms with van der Waals surface area (Å²) < 4.78 is 16.9. The third-order valence-electron chi connectivity index (χ3n) is 4.16. The Morgan fingerprint density at radius 1 is 1.14 bits per heavy atom. The third kappa shape index (κ3) is 4.24. The van der Waals surface area contributed by atoms with Crippen LogP contribution in [0.4, 0.5) is 4.79 Å². The van der Waals surface area contributed by atoms with E-state index in [0.717, 1.165) is 5.56 Å². The van der Waals surface area contributed by atoms with Gasteiger partial charge in [0.1, 0.15) is 6.61 Å². The minimum absolute atomic E-state index is 0.267. The number of ether oxygens (including phenoxy) is 1. The lowest BCUT2D eigenvalue weighted by Gasteiger charge is -2.32. The highest BCUT2D eigenvalue weighted by Gasteiger charge is 2.50. The van der Waals surface area contributed by atoms with Crippen molar-refractivity contribution in [1.29, 1.82) is 0 Å². The van der Waals surface area contributed by atoms with Crippen LogP contribution in [0.3, 0.4) is 0 Å². The van der Waals surface area contributed by atoms with Gasteiger partial charge < -0.3 is 19.4 Å². The summed E-state index contributed by atoms with van der Waals surface area (Å²) >= 11 is 0. The number of hydrogen-bond acceptors (Lipinski definition) is 4. The molecule has 120 valence electrons. The molecule has 0 unspecified atom stereocenters. The van der Waals surface area contributed by atoms with Crippen LogP contribution in [0.15, 0.2) is 30.3 Å². The lowest BCUT2D eigenvalue weighted by molar-refractivity contribution is 0.00578. The molecule has 1 aliphatic rings. The lowest BCUT2D eigenvalue weighted by Crippen LogP contribution is -2.41. The van der Waals surface area contributed by atoms with E-state index < -0.39 is 6.09 Å².